The summed E-state index contributed by atoms with van der Waals surface area (Å²) in [5, 5.41) is 15.7. The molecule has 0 radical (unpaired) electrons. The third-order valence-electron chi connectivity index (χ3n) is 8.04. The highest BCUT2D eigenvalue weighted by Crippen LogP contribution is 2.35. The average Bonchev–Trinajstić information content (AvgIpc) is 3.58. The Labute approximate surface area is 189 Å². The van der Waals surface area contributed by atoms with Crippen LogP contribution in [-0.4, -0.2) is 61.3 Å². The van der Waals surface area contributed by atoms with Crippen molar-refractivity contribution in [1.29, 1.82) is 5.26 Å². The topological polar surface area (TPSA) is 77.4 Å². The second kappa shape index (κ2) is 9.46. The van der Waals surface area contributed by atoms with Crippen LogP contribution in [-0.2, 0) is 16.0 Å². The number of nitrogens with one attached hydrogen (secondary N) is 2. The number of piperidine rings is 2. The fraction of sp³-hybridized carbons (Fsp3) is 0.680. The van der Waals surface area contributed by atoms with Gasteiger partial charge in [-0.1, -0.05) is 12.1 Å². The number of amides is 1. The summed E-state index contributed by atoms with van der Waals surface area (Å²) in [6.07, 6.45) is 6.60. The Bertz CT molecular complexity index is 873. The Hall–Kier alpha value is -2.01. The number of hydrogen-bond donors (Lipinski definition) is 2. The SMILES string of the molecule is N#C[C@H](Cc1ccc(C2CCN(C3CCOC3)CC2)cc1F)NC(=O)[C@H]1N[C@@H]2CC[C@H]1C2. The maximum atomic E-state index is 14.9. The molecule has 32 heavy (non-hydrogen) atoms. The molecular weight excluding hydrogens is 407 g/mol. The third-order valence-corrected chi connectivity index (χ3v) is 8.04. The van der Waals surface area contributed by atoms with E-state index < -0.39 is 6.04 Å². The molecule has 1 saturated carbocycles. The smallest absolute Gasteiger partial charge is 0.238 e. The number of nitrogens with zero attached hydrogens (tertiary/aromatic N) is 2. The van der Waals surface area contributed by atoms with Crippen LogP contribution in [0.3, 0.4) is 0 Å². The van der Waals surface area contributed by atoms with Crippen molar-refractivity contribution in [2.75, 3.05) is 26.3 Å². The molecule has 4 fully saturated rings. The number of carbonyl (C=O) groups excluding carboxylic acids is 1. The quantitative estimate of drug-likeness (QED) is 0.711. The lowest BCUT2D eigenvalue weighted by atomic mass is 9.87. The molecule has 4 aliphatic rings. The molecule has 1 aromatic carbocycles. The van der Waals surface area contributed by atoms with Gasteiger partial charge in [-0.15, -0.1) is 0 Å². The van der Waals surface area contributed by atoms with Crippen molar-refractivity contribution < 1.29 is 13.9 Å². The fourth-order valence-corrected chi connectivity index (χ4v) is 6.15. The van der Waals surface area contributed by atoms with E-state index in [1.807, 2.05) is 6.07 Å². The van der Waals surface area contributed by atoms with Crippen LogP contribution in [0.5, 0.6) is 0 Å². The molecule has 5 rings (SSSR count). The Kier molecular flexibility index (Phi) is 6.45. The van der Waals surface area contributed by atoms with E-state index in [0.29, 0.717) is 29.5 Å². The molecule has 1 aromatic rings. The number of hydrogen-bond acceptors (Lipinski definition) is 5. The van der Waals surface area contributed by atoms with Crippen LogP contribution in [0.25, 0.3) is 0 Å². The van der Waals surface area contributed by atoms with Gasteiger partial charge in [0.15, 0.2) is 0 Å². The van der Waals surface area contributed by atoms with E-state index >= 15 is 0 Å². The van der Waals surface area contributed by atoms with Gasteiger partial charge in [-0.05, 0) is 80.6 Å². The van der Waals surface area contributed by atoms with Gasteiger partial charge in [-0.3, -0.25) is 9.69 Å². The number of rotatable bonds is 6. The van der Waals surface area contributed by atoms with Gasteiger partial charge in [0.25, 0.3) is 0 Å². The van der Waals surface area contributed by atoms with Crippen LogP contribution in [0.15, 0.2) is 18.2 Å². The first kappa shape index (κ1) is 21.8. The zero-order valence-electron chi connectivity index (χ0n) is 18.6. The summed E-state index contributed by atoms with van der Waals surface area (Å²) in [6, 6.07) is 7.63. The van der Waals surface area contributed by atoms with E-state index in [9.17, 15) is 14.4 Å². The maximum absolute atomic E-state index is 14.9. The number of ether oxygens (including phenoxy) is 1. The Morgan fingerprint density at radius 2 is 2.12 bits per heavy atom. The lowest BCUT2D eigenvalue weighted by molar-refractivity contribution is -0.124. The first-order valence-corrected chi connectivity index (χ1v) is 12.2. The Morgan fingerprint density at radius 3 is 2.75 bits per heavy atom. The number of nitriles is 1. The molecule has 3 aliphatic heterocycles. The van der Waals surface area contributed by atoms with Crippen molar-refractivity contribution in [2.24, 2.45) is 5.92 Å². The molecule has 1 aliphatic carbocycles. The van der Waals surface area contributed by atoms with Crippen molar-refractivity contribution in [2.45, 2.75) is 75.0 Å². The average molecular weight is 441 g/mol. The minimum atomic E-state index is -0.722. The minimum Gasteiger partial charge on any atom is -0.380 e. The zero-order chi connectivity index (χ0) is 22.1. The number of halogens is 1. The molecular formula is C25H33FN4O2. The van der Waals surface area contributed by atoms with Crippen LogP contribution < -0.4 is 10.6 Å². The summed E-state index contributed by atoms with van der Waals surface area (Å²) in [5.74, 6) is 0.331. The third kappa shape index (κ3) is 4.54. The highest BCUT2D eigenvalue weighted by molar-refractivity contribution is 5.83. The highest BCUT2D eigenvalue weighted by atomic mass is 19.1. The Morgan fingerprint density at radius 1 is 1.28 bits per heavy atom. The van der Waals surface area contributed by atoms with Crippen LogP contribution in [0.4, 0.5) is 4.39 Å². The van der Waals surface area contributed by atoms with Crippen LogP contribution in [0, 0.1) is 23.1 Å². The Balaban J connectivity index is 1.16. The molecule has 3 saturated heterocycles. The van der Waals surface area contributed by atoms with E-state index in [2.05, 4.69) is 21.6 Å². The van der Waals surface area contributed by atoms with Gasteiger partial charge >= 0.3 is 0 Å². The second-order valence-electron chi connectivity index (χ2n) is 9.99. The molecule has 172 valence electrons. The summed E-state index contributed by atoms with van der Waals surface area (Å²) in [6.45, 7) is 3.76. The van der Waals surface area contributed by atoms with Gasteiger partial charge < -0.3 is 15.4 Å². The van der Waals surface area contributed by atoms with Crippen molar-refractivity contribution in [3.63, 3.8) is 0 Å². The van der Waals surface area contributed by atoms with Crippen molar-refractivity contribution in [1.82, 2.24) is 15.5 Å². The lowest BCUT2D eigenvalue weighted by Crippen LogP contribution is -2.50. The van der Waals surface area contributed by atoms with Crippen molar-refractivity contribution in [3.8, 4) is 6.07 Å². The van der Waals surface area contributed by atoms with E-state index in [1.54, 1.807) is 12.1 Å². The van der Waals surface area contributed by atoms with Gasteiger partial charge in [0, 0.05) is 25.1 Å². The lowest BCUT2D eigenvalue weighted by Gasteiger charge is -2.35. The predicted octanol–water partition coefficient (Wildman–Crippen LogP) is 2.49. The van der Waals surface area contributed by atoms with E-state index in [-0.39, 0.29) is 24.2 Å². The number of carbonyl (C=O) groups is 1. The molecule has 1 amide bonds. The van der Waals surface area contributed by atoms with Gasteiger partial charge in [0.1, 0.15) is 11.9 Å². The fourth-order valence-electron chi connectivity index (χ4n) is 6.15. The second-order valence-corrected chi connectivity index (χ2v) is 9.99. The summed E-state index contributed by atoms with van der Waals surface area (Å²) < 4.78 is 20.4. The molecule has 0 spiro atoms. The molecule has 0 aromatic heterocycles. The van der Waals surface area contributed by atoms with Crippen LogP contribution >= 0.6 is 0 Å². The first-order chi connectivity index (χ1) is 15.6. The summed E-state index contributed by atoms with van der Waals surface area (Å²) in [5.41, 5.74) is 1.53. The zero-order valence-corrected chi connectivity index (χ0v) is 18.6. The van der Waals surface area contributed by atoms with E-state index in [1.165, 1.54) is 0 Å². The monoisotopic (exact) mass is 440 g/mol. The van der Waals surface area contributed by atoms with Crippen LogP contribution in [0.1, 0.15) is 55.6 Å². The highest BCUT2D eigenvalue weighted by Gasteiger charge is 2.43. The largest absolute Gasteiger partial charge is 0.380 e. The molecule has 2 N–H and O–H groups in total. The standard InChI is InChI=1S/C25H33FN4O2/c26-23-13-17(16-5-8-30(9-6-16)22-7-10-32-15-22)1-2-18(23)11-21(14-27)29-25(31)24-19-3-4-20(12-19)28-24/h1-2,13,16,19-22,24,28H,3-12,15H2,(H,29,31)/t19-,20+,21-,22?,24-/m0/s1. The van der Waals surface area contributed by atoms with Gasteiger partial charge in [-0.2, -0.15) is 5.26 Å². The van der Waals surface area contributed by atoms with Gasteiger partial charge in [0.05, 0.1) is 18.7 Å². The molecule has 1 unspecified atom stereocenters. The number of likely N-dealkylation sites (tertiary alicyclic amines) is 1. The number of benzene rings is 1. The minimum absolute atomic E-state index is 0.125. The predicted molar refractivity (Wildman–Crippen MR) is 118 cm³/mol. The van der Waals surface area contributed by atoms with Gasteiger partial charge in [0.2, 0.25) is 5.91 Å². The van der Waals surface area contributed by atoms with E-state index in [4.69, 9.17) is 4.74 Å². The summed E-state index contributed by atoms with van der Waals surface area (Å²) in [4.78, 5) is 15.1. The maximum Gasteiger partial charge on any atom is 0.238 e. The summed E-state index contributed by atoms with van der Waals surface area (Å²) in [7, 11) is 0. The number of fused-ring (bicyclic) bond motifs is 2. The molecule has 6 nitrogen and oxygen atoms in total. The van der Waals surface area contributed by atoms with Gasteiger partial charge in [-0.25, -0.2) is 4.39 Å². The van der Waals surface area contributed by atoms with Crippen molar-refractivity contribution in [3.05, 3.63) is 35.1 Å². The molecule has 5 atom stereocenters. The van der Waals surface area contributed by atoms with Crippen LogP contribution in [0.2, 0.25) is 0 Å². The van der Waals surface area contributed by atoms with Crippen molar-refractivity contribution >= 4 is 5.91 Å². The molecule has 7 heteroatoms. The molecule has 2 bridgehead atoms. The summed E-state index contributed by atoms with van der Waals surface area (Å²) >= 11 is 0. The first-order valence-electron chi connectivity index (χ1n) is 12.2. The van der Waals surface area contributed by atoms with E-state index in [0.717, 1.165) is 70.4 Å². The molecule has 3 heterocycles. The normalized spacial score (nSPS) is 31.5.